The Morgan fingerprint density at radius 3 is 3.50 bits per heavy atom. The van der Waals surface area contributed by atoms with Crippen LogP contribution < -0.4 is 5.31 Å². The van der Waals surface area contributed by atoms with Gasteiger partial charge in [-0.05, 0) is 24.7 Å². The van der Waals surface area contributed by atoms with Gasteiger partial charge >= 0.3 is 0 Å². The summed E-state index contributed by atoms with van der Waals surface area (Å²) in [5.41, 5.74) is -0.491. The van der Waals surface area contributed by atoms with Gasteiger partial charge in [0.05, 0.1) is 12.9 Å². The van der Waals surface area contributed by atoms with Gasteiger partial charge in [-0.15, -0.1) is 0 Å². The lowest BCUT2D eigenvalue weighted by molar-refractivity contribution is 0.177. The first-order chi connectivity index (χ1) is 9.19. The Kier molecular flexibility index (Phi) is 1.03. The van der Waals surface area contributed by atoms with Crippen LogP contribution in [-0.4, -0.2) is 26.7 Å². The Labute approximate surface area is 83.1 Å². The number of phenols is 1. The summed E-state index contributed by atoms with van der Waals surface area (Å²) in [4.78, 5) is 0. The summed E-state index contributed by atoms with van der Waals surface area (Å²) >= 11 is 0. The molecule has 0 bridgehead atoms. The van der Waals surface area contributed by atoms with Gasteiger partial charge in [0.2, 0.25) is 1.43 Å². The minimum absolute atomic E-state index is 0.470. The number of hydrogen-bond donors (Lipinski definition) is 3. The minimum Gasteiger partial charge on any atom is -0.508 e. The first kappa shape index (κ1) is 3.01. The molecule has 0 aliphatic rings. The van der Waals surface area contributed by atoms with E-state index in [0.29, 0.717) is 0 Å². The van der Waals surface area contributed by atoms with Gasteiger partial charge in [0.15, 0.2) is 0 Å². The third-order valence-corrected chi connectivity index (χ3v) is 1.18. The van der Waals surface area contributed by atoms with Crippen molar-refractivity contribution in [1.82, 2.24) is 5.31 Å². The average Bonchev–Trinajstić information content (AvgIpc) is 2.36. The van der Waals surface area contributed by atoms with E-state index in [1.54, 1.807) is 0 Å². The molecule has 3 heteroatoms. The van der Waals surface area contributed by atoms with E-state index in [1.807, 2.05) is 0 Å². The lowest BCUT2D eigenvalue weighted by atomic mass is 10.1. The molecule has 0 saturated heterocycles. The van der Waals surface area contributed by atoms with E-state index in [-0.39, 0.29) is 0 Å². The quantitative estimate of drug-likeness (QED) is 0.615. The molecule has 1 unspecified atom stereocenters. The molecule has 0 amide bonds. The van der Waals surface area contributed by atoms with Crippen molar-refractivity contribution in [3.8, 4) is 5.75 Å². The summed E-state index contributed by atoms with van der Waals surface area (Å²) in [5.74, 6) is -0.595. The standard InChI is InChI=1S/C9H13NO2/c1-10-6-9(12)7-3-2-4-8(11)5-7/h2-5,9-12H,6H2,1H3/i2D,3D,4D,5D,9D,12D/hD2. The second-order valence-corrected chi connectivity index (χ2v) is 2.10. The third kappa shape index (κ3) is 2.22. The molecular formula is C9H13NO2. The van der Waals surface area contributed by atoms with Crippen molar-refractivity contribution in [2.24, 2.45) is 0 Å². The number of phenolic OH excluding ortho intramolecular Hbond substituents is 1. The molecule has 0 fully saturated rings. The predicted octanol–water partition coefficient (Wildman–Crippen LogP) is 0.645. The Balaban J connectivity index is 3.62. The zero-order valence-electron chi connectivity index (χ0n) is 14.5. The molecule has 66 valence electrons. The SMILES string of the molecule is [2H]Oc1c([2H])c([2H])c([2H])c(C([2H])(CN([2H])C)O[2H])c1[2H]. The van der Waals surface area contributed by atoms with E-state index in [2.05, 4.69) is 10.2 Å². The maximum atomic E-state index is 7.99. The van der Waals surface area contributed by atoms with Gasteiger partial charge in [0.1, 0.15) is 7.16 Å². The number of nitrogens with one attached hydrogen (secondary N) is 1. The van der Waals surface area contributed by atoms with Crippen molar-refractivity contribution in [3.05, 3.63) is 29.7 Å². The number of hydrogen-bond acceptors (Lipinski definition) is 3. The molecule has 1 atom stereocenters. The van der Waals surface area contributed by atoms with E-state index in [1.165, 1.54) is 7.05 Å². The molecule has 0 spiro atoms. The first-order valence-corrected chi connectivity index (χ1v) is 3.28. The Morgan fingerprint density at radius 2 is 2.83 bits per heavy atom. The molecule has 3 nitrogen and oxygen atoms in total. The monoisotopic (exact) mass is 175 g/mol. The molecule has 0 aromatic heterocycles. The van der Waals surface area contributed by atoms with Crippen LogP contribution in [0.15, 0.2) is 24.2 Å². The van der Waals surface area contributed by atoms with E-state index in [0.717, 1.165) is 5.31 Å². The fourth-order valence-corrected chi connectivity index (χ4v) is 0.689. The van der Waals surface area contributed by atoms with Gasteiger partial charge < -0.3 is 15.5 Å². The smallest absolute Gasteiger partial charge is 0.293 e. The van der Waals surface area contributed by atoms with Crippen LogP contribution in [0.25, 0.3) is 0 Å². The molecule has 1 rings (SSSR count). The summed E-state index contributed by atoms with van der Waals surface area (Å²) in [7, 11) is 1.29. The van der Waals surface area contributed by atoms with Crippen molar-refractivity contribution in [3.63, 3.8) is 0 Å². The highest BCUT2D eigenvalue weighted by Gasteiger charge is 2.05. The van der Waals surface area contributed by atoms with Crippen LogP contribution in [0.4, 0.5) is 0 Å². The molecule has 12 heavy (non-hydrogen) atoms. The lowest BCUT2D eigenvalue weighted by Gasteiger charge is -2.09. The van der Waals surface area contributed by atoms with Gasteiger partial charge in [0.25, 0.3) is 1.43 Å². The van der Waals surface area contributed by atoms with E-state index in [4.69, 9.17) is 11.1 Å². The van der Waals surface area contributed by atoms with Crippen LogP contribution in [0.5, 0.6) is 5.75 Å². The number of rotatable bonds is 5. The van der Waals surface area contributed by atoms with Crippen LogP contribution >= 0.6 is 0 Å². The van der Waals surface area contributed by atoms with E-state index in [9.17, 15) is 0 Å². The maximum Gasteiger partial charge on any atom is 0.293 e. The van der Waals surface area contributed by atoms with Crippen molar-refractivity contribution >= 4 is 0 Å². The van der Waals surface area contributed by atoms with E-state index >= 15 is 0 Å². The predicted molar refractivity (Wildman–Crippen MR) is 47.0 cm³/mol. The Hall–Kier alpha value is -1.06. The molecule has 1 aromatic rings. The maximum absolute atomic E-state index is 7.99. The normalized spacial score (nSPS) is 24.8. The largest absolute Gasteiger partial charge is 0.508 e. The summed E-state index contributed by atoms with van der Waals surface area (Å²) in [6.45, 7) is -0.470. The lowest BCUT2D eigenvalue weighted by Crippen LogP contribution is -2.16. The number of aliphatic hydroxyl groups is 1. The molecule has 0 radical (unpaired) electrons. The first-order valence-electron chi connectivity index (χ1n) is 7.04. The van der Waals surface area contributed by atoms with Gasteiger partial charge in [-0.2, -0.15) is 0 Å². The van der Waals surface area contributed by atoms with Gasteiger partial charge in [-0.3, -0.25) is 0 Å². The summed E-state index contributed by atoms with van der Waals surface area (Å²) < 4.78 is 59.7. The number of aromatic hydroxyl groups is 1. The number of likely N-dealkylation sites (N-methyl/N-ethyl adjacent to an activating group) is 1. The van der Waals surface area contributed by atoms with Crippen LogP contribution in [0.2, 0.25) is 1.41 Å². The summed E-state index contributed by atoms with van der Waals surface area (Å²) in [6, 6.07) is -2.54. The van der Waals surface area contributed by atoms with Crippen molar-refractivity contribution in [1.29, 1.82) is 2.86 Å². The molecule has 0 heterocycles. The summed E-state index contributed by atoms with van der Waals surface area (Å²) in [5, 5.41) is 9.13. The highest BCUT2D eigenvalue weighted by Crippen LogP contribution is 2.17. The Bertz CT molecular complexity index is 511. The summed E-state index contributed by atoms with van der Waals surface area (Å²) in [6.07, 6.45) is -2.28. The highest BCUT2D eigenvalue weighted by atomic mass is 16.3. The minimum atomic E-state index is -2.28. The molecule has 0 aliphatic heterocycles. The van der Waals surface area contributed by atoms with Gasteiger partial charge in [-0.25, -0.2) is 0 Å². The zero-order valence-corrected chi connectivity index (χ0v) is 6.47. The van der Waals surface area contributed by atoms with Crippen molar-refractivity contribution < 1.29 is 18.5 Å². The fourth-order valence-electron chi connectivity index (χ4n) is 0.689. The molecule has 1 aromatic carbocycles. The average molecular weight is 175 g/mol. The Morgan fingerprint density at radius 1 is 1.92 bits per heavy atom. The van der Waals surface area contributed by atoms with Crippen LogP contribution in [0.1, 0.15) is 18.5 Å². The third-order valence-electron chi connectivity index (χ3n) is 1.18. The highest BCUT2D eigenvalue weighted by molar-refractivity contribution is 5.28. The molecule has 0 saturated carbocycles. The van der Waals surface area contributed by atoms with Crippen LogP contribution in [0, 0.1) is 0 Å². The topological polar surface area (TPSA) is 52.5 Å². The van der Waals surface area contributed by atoms with Gasteiger partial charge in [-0.1, -0.05) is 12.1 Å². The van der Waals surface area contributed by atoms with E-state index < -0.39 is 48.1 Å². The van der Waals surface area contributed by atoms with Crippen molar-refractivity contribution in [2.75, 3.05) is 13.6 Å². The van der Waals surface area contributed by atoms with Gasteiger partial charge in [0, 0.05) is 6.54 Å². The molecule has 0 aliphatic carbocycles. The fraction of sp³-hybridized carbons (Fsp3) is 0.333. The second kappa shape index (κ2) is 4.09. The zero-order chi connectivity index (χ0) is 15.7. The molecule has 3 N–H and O–H groups in total. The van der Waals surface area contributed by atoms with Crippen LogP contribution in [0.3, 0.4) is 0 Å². The second-order valence-electron chi connectivity index (χ2n) is 2.10. The van der Waals surface area contributed by atoms with Crippen LogP contribution in [-0.2, 0) is 0 Å². The number of benzene rings is 1. The van der Waals surface area contributed by atoms with Crippen molar-refractivity contribution in [2.45, 2.75) is 6.08 Å². The molecular weight excluding hydrogens is 154 g/mol.